The van der Waals surface area contributed by atoms with Gasteiger partial charge < -0.3 is 16.2 Å². The molecule has 4 nitrogen and oxygen atoms in total. The third-order valence-corrected chi connectivity index (χ3v) is 3.14. The number of benzene rings is 1. The molecule has 4 N–H and O–H groups in total. The molecular formula is C10H11BrN2O2. The number of hydrogen-bond acceptors (Lipinski definition) is 3. The number of carboxylic acids is 1. The Labute approximate surface area is 95.6 Å². The second-order valence-corrected chi connectivity index (χ2v) is 4.50. The molecule has 80 valence electrons. The fourth-order valence-corrected chi connectivity index (χ4v) is 2.20. The molecule has 1 aromatic rings. The van der Waals surface area contributed by atoms with Crippen LogP contribution in [0.15, 0.2) is 22.7 Å². The first-order valence-corrected chi connectivity index (χ1v) is 5.40. The highest BCUT2D eigenvalue weighted by molar-refractivity contribution is 9.10. The van der Waals surface area contributed by atoms with Gasteiger partial charge in [0.2, 0.25) is 0 Å². The van der Waals surface area contributed by atoms with Gasteiger partial charge in [0.25, 0.3) is 0 Å². The maximum absolute atomic E-state index is 10.8. The molecule has 15 heavy (non-hydrogen) atoms. The van der Waals surface area contributed by atoms with E-state index in [4.69, 9.17) is 10.8 Å². The van der Waals surface area contributed by atoms with E-state index in [1.165, 1.54) is 0 Å². The minimum Gasteiger partial charge on any atom is -0.480 e. The zero-order valence-corrected chi connectivity index (χ0v) is 9.49. The first-order valence-electron chi connectivity index (χ1n) is 4.61. The van der Waals surface area contributed by atoms with Crippen LogP contribution >= 0.6 is 15.9 Å². The molecule has 0 spiro atoms. The minimum atomic E-state index is -0.963. The molecule has 1 aromatic carbocycles. The van der Waals surface area contributed by atoms with Crippen LogP contribution in [0.5, 0.6) is 0 Å². The molecule has 2 unspecified atom stereocenters. The number of nitrogens with two attached hydrogens (primary N) is 1. The highest BCUT2D eigenvalue weighted by Crippen LogP contribution is 2.34. The first-order chi connectivity index (χ1) is 7.09. The van der Waals surface area contributed by atoms with Gasteiger partial charge in [-0.2, -0.15) is 0 Å². The minimum absolute atomic E-state index is 0.157. The van der Waals surface area contributed by atoms with E-state index >= 15 is 0 Å². The Morgan fingerprint density at radius 1 is 1.67 bits per heavy atom. The molecule has 1 aliphatic rings. The van der Waals surface area contributed by atoms with Gasteiger partial charge in [0, 0.05) is 22.6 Å². The summed E-state index contributed by atoms with van der Waals surface area (Å²) in [6, 6.07) is 4.91. The summed E-state index contributed by atoms with van der Waals surface area (Å²) in [5.74, 6) is -1.12. The molecule has 0 bridgehead atoms. The molecule has 1 heterocycles. The second-order valence-electron chi connectivity index (χ2n) is 3.58. The number of carbonyl (C=O) groups is 1. The normalized spacial score (nSPS) is 20.5. The number of nitrogens with one attached hydrogen (secondary N) is 1. The lowest BCUT2D eigenvalue weighted by molar-refractivity contribution is -0.138. The largest absolute Gasteiger partial charge is 0.480 e. The van der Waals surface area contributed by atoms with Crippen molar-refractivity contribution in [3.8, 4) is 0 Å². The quantitative estimate of drug-likeness (QED) is 0.759. The maximum Gasteiger partial charge on any atom is 0.321 e. The molecule has 0 aliphatic carbocycles. The number of anilines is 1. The van der Waals surface area contributed by atoms with Gasteiger partial charge in [-0.05, 0) is 23.8 Å². The lowest BCUT2D eigenvalue weighted by Gasteiger charge is -2.14. The van der Waals surface area contributed by atoms with Gasteiger partial charge in [0.05, 0.1) is 0 Å². The fraction of sp³-hybridized carbons (Fsp3) is 0.300. The highest BCUT2D eigenvalue weighted by atomic mass is 79.9. The number of fused-ring (bicyclic) bond motifs is 1. The van der Waals surface area contributed by atoms with Crippen LogP contribution in [-0.4, -0.2) is 23.7 Å². The smallest absolute Gasteiger partial charge is 0.321 e. The zero-order valence-electron chi connectivity index (χ0n) is 7.90. The number of aliphatic carboxylic acids is 1. The zero-order chi connectivity index (χ0) is 11.0. The Morgan fingerprint density at radius 2 is 2.40 bits per heavy atom. The van der Waals surface area contributed by atoms with Gasteiger partial charge in [0.15, 0.2) is 0 Å². The SMILES string of the molecule is NC(C(=O)O)C1CNc2ccc(Br)cc21. The predicted molar refractivity (Wildman–Crippen MR) is 61.0 cm³/mol. The fourth-order valence-electron chi connectivity index (χ4n) is 1.82. The summed E-state index contributed by atoms with van der Waals surface area (Å²) in [4.78, 5) is 10.8. The molecule has 0 amide bonds. The van der Waals surface area contributed by atoms with Crippen LogP contribution < -0.4 is 11.1 Å². The van der Waals surface area contributed by atoms with Crippen LogP contribution in [0.2, 0.25) is 0 Å². The van der Waals surface area contributed by atoms with E-state index in [0.717, 1.165) is 15.7 Å². The van der Waals surface area contributed by atoms with Crippen LogP contribution in [0.4, 0.5) is 5.69 Å². The Bertz CT molecular complexity index is 408. The van der Waals surface area contributed by atoms with Crippen molar-refractivity contribution in [1.82, 2.24) is 0 Å². The third kappa shape index (κ3) is 1.85. The third-order valence-electron chi connectivity index (χ3n) is 2.64. The number of rotatable bonds is 2. The molecular weight excluding hydrogens is 260 g/mol. The summed E-state index contributed by atoms with van der Waals surface area (Å²) in [7, 11) is 0. The van der Waals surface area contributed by atoms with Crippen molar-refractivity contribution < 1.29 is 9.90 Å². The van der Waals surface area contributed by atoms with Gasteiger partial charge in [-0.15, -0.1) is 0 Å². The van der Waals surface area contributed by atoms with Crippen molar-refractivity contribution in [2.75, 3.05) is 11.9 Å². The summed E-state index contributed by atoms with van der Waals surface area (Å²) in [6.07, 6.45) is 0. The average Bonchev–Trinajstić information content (AvgIpc) is 2.59. The summed E-state index contributed by atoms with van der Waals surface area (Å²) in [5.41, 5.74) is 7.58. The predicted octanol–water partition coefficient (Wildman–Crippen LogP) is 1.37. The number of carboxylic acid groups (broad SMARTS) is 1. The van der Waals surface area contributed by atoms with Crippen LogP contribution in [0, 0.1) is 0 Å². The van der Waals surface area contributed by atoms with Crippen LogP contribution in [0.1, 0.15) is 11.5 Å². The lowest BCUT2D eigenvalue weighted by Crippen LogP contribution is -2.37. The van der Waals surface area contributed by atoms with E-state index in [1.807, 2.05) is 18.2 Å². The average molecular weight is 271 g/mol. The molecule has 5 heteroatoms. The second kappa shape index (κ2) is 3.83. The summed E-state index contributed by atoms with van der Waals surface area (Å²) >= 11 is 3.36. The Kier molecular flexibility index (Phi) is 2.67. The van der Waals surface area contributed by atoms with Crippen LogP contribution in [0.25, 0.3) is 0 Å². The van der Waals surface area contributed by atoms with Crippen molar-refractivity contribution in [1.29, 1.82) is 0 Å². The molecule has 0 saturated heterocycles. The summed E-state index contributed by atoms with van der Waals surface area (Å²) in [5, 5.41) is 12.0. The van der Waals surface area contributed by atoms with E-state index in [2.05, 4.69) is 21.2 Å². The van der Waals surface area contributed by atoms with Crippen molar-refractivity contribution >= 4 is 27.6 Å². The molecule has 2 rings (SSSR count). The van der Waals surface area contributed by atoms with Crippen molar-refractivity contribution in [2.24, 2.45) is 5.73 Å². The Morgan fingerprint density at radius 3 is 3.07 bits per heavy atom. The number of hydrogen-bond donors (Lipinski definition) is 3. The molecule has 0 fully saturated rings. The van der Waals surface area contributed by atoms with Crippen LogP contribution in [0.3, 0.4) is 0 Å². The maximum atomic E-state index is 10.8. The standard InChI is InChI=1S/C10H11BrN2O2/c11-5-1-2-8-6(3-5)7(4-13-8)9(12)10(14)15/h1-3,7,9,13H,4,12H2,(H,14,15). The topological polar surface area (TPSA) is 75.4 Å². The van der Waals surface area contributed by atoms with Gasteiger partial charge in [0.1, 0.15) is 6.04 Å². The van der Waals surface area contributed by atoms with E-state index in [1.54, 1.807) is 0 Å². The first kappa shape index (κ1) is 10.4. The monoisotopic (exact) mass is 270 g/mol. The van der Waals surface area contributed by atoms with Gasteiger partial charge in [-0.25, -0.2) is 0 Å². The molecule has 0 aromatic heterocycles. The van der Waals surface area contributed by atoms with E-state index in [9.17, 15) is 4.79 Å². The Balaban J connectivity index is 2.35. The lowest BCUT2D eigenvalue weighted by atomic mass is 9.94. The number of halogens is 1. The van der Waals surface area contributed by atoms with Crippen molar-refractivity contribution in [3.05, 3.63) is 28.2 Å². The van der Waals surface area contributed by atoms with Gasteiger partial charge in [-0.3, -0.25) is 4.79 Å². The van der Waals surface area contributed by atoms with Crippen molar-refractivity contribution in [2.45, 2.75) is 12.0 Å². The van der Waals surface area contributed by atoms with Gasteiger partial charge in [-0.1, -0.05) is 15.9 Å². The molecule has 1 aliphatic heterocycles. The molecule has 0 saturated carbocycles. The van der Waals surface area contributed by atoms with E-state index < -0.39 is 12.0 Å². The van der Waals surface area contributed by atoms with Gasteiger partial charge >= 0.3 is 5.97 Å². The molecule has 0 radical (unpaired) electrons. The summed E-state index contributed by atoms with van der Waals surface area (Å²) in [6.45, 7) is 0.583. The van der Waals surface area contributed by atoms with E-state index in [0.29, 0.717) is 6.54 Å². The Hall–Kier alpha value is -1.07. The van der Waals surface area contributed by atoms with E-state index in [-0.39, 0.29) is 5.92 Å². The summed E-state index contributed by atoms with van der Waals surface area (Å²) < 4.78 is 0.938. The van der Waals surface area contributed by atoms with Crippen molar-refractivity contribution in [3.63, 3.8) is 0 Å². The van der Waals surface area contributed by atoms with Crippen LogP contribution in [-0.2, 0) is 4.79 Å². The molecule has 2 atom stereocenters. The highest BCUT2D eigenvalue weighted by Gasteiger charge is 2.31.